The van der Waals surface area contributed by atoms with E-state index < -0.39 is 33.9 Å². The normalized spacial score (nSPS) is 11.7. The Balaban J connectivity index is 1.81. The maximum Gasteiger partial charge on any atom is 0.325 e. The first-order valence-corrected chi connectivity index (χ1v) is 17.1. The lowest BCUT2D eigenvalue weighted by Crippen LogP contribution is -2.54. The van der Waals surface area contributed by atoms with E-state index in [0.717, 1.165) is 10.5 Å². The molecule has 0 fully saturated rings. The molecule has 1 atom stereocenters. The van der Waals surface area contributed by atoms with Gasteiger partial charge < -0.3 is 5.32 Å². The third-order valence-electron chi connectivity index (χ3n) is 5.86. The molecule has 0 aliphatic rings. The van der Waals surface area contributed by atoms with Gasteiger partial charge in [0.2, 0.25) is 0 Å². The lowest BCUT2D eigenvalue weighted by molar-refractivity contribution is -0.120. The predicted molar refractivity (Wildman–Crippen MR) is 174 cm³/mol. The van der Waals surface area contributed by atoms with Crippen molar-refractivity contribution in [1.82, 2.24) is 14.9 Å². The minimum atomic E-state index is -4.21. The molecule has 3 rings (SSSR count). The monoisotopic (exact) mass is 683 g/mol. The van der Waals surface area contributed by atoms with Gasteiger partial charge in [-0.3, -0.25) is 14.5 Å². The van der Waals surface area contributed by atoms with Crippen LogP contribution in [0.25, 0.3) is 0 Å². The minimum Gasteiger partial charge on any atom is -0.325 e. The highest BCUT2D eigenvalue weighted by molar-refractivity contribution is 9.10. The Hall–Kier alpha value is -3.59. The second-order valence-electron chi connectivity index (χ2n) is 10.0. The van der Waals surface area contributed by atoms with Gasteiger partial charge in [0, 0.05) is 33.5 Å². The fourth-order valence-electron chi connectivity index (χ4n) is 3.80. The van der Waals surface area contributed by atoms with E-state index in [1.54, 1.807) is 30.3 Å². The Morgan fingerprint density at radius 2 is 1.58 bits per heavy atom. The van der Waals surface area contributed by atoms with E-state index in [9.17, 15) is 22.8 Å². The van der Waals surface area contributed by atoms with Crippen molar-refractivity contribution in [2.45, 2.75) is 38.1 Å². The summed E-state index contributed by atoms with van der Waals surface area (Å²) in [6.45, 7) is 5.94. The molecule has 0 radical (unpaired) electrons. The minimum absolute atomic E-state index is 0.0917. The molecule has 0 aliphatic carbocycles. The number of benzene rings is 3. The van der Waals surface area contributed by atoms with Crippen LogP contribution in [0, 0.1) is 17.8 Å². The maximum absolute atomic E-state index is 13.5. The Morgan fingerprint density at radius 3 is 2.26 bits per heavy atom. The number of thioether (sulfide) groups is 1. The Bertz CT molecular complexity index is 1600. The first-order chi connectivity index (χ1) is 20.5. The van der Waals surface area contributed by atoms with Gasteiger partial charge in [-0.1, -0.05) is 78.9 Å². The van der Waals surface area contributed by atoms with Gasteiger partial charge in [0.1, 0.15) is 6.04 Å². The number of hydrogen-bond acceptors (Lipinski definition) is 6. The van der Waals surface area contributed by atoms with Crippen molar-refractivity contribution < 1.29 is 22.8 Å². The summed E-state index contributed by atoms with van der Waals surface area (Å²) in [5, 5.41) is 2.60. The van der Waals surface area contributed by atoms with Gasteiger partial charge in [0.15, 0.2) is 0 Å². The van der Waals surface area contributed by atoms with E-state index in [0.29, 0.717) is 28.1 Å². The third kappa shape index (κ3) is 10.6. The smallest absolute Gasteiger partial charge is 0.325 e. The molecule has 4 amide bonds. The van der Waals surface area contributed by atoms with E-state index in [1.807, 2.05) is 51.1 Å². The van der Waals surface area contributed by atoms with Crippen molar-refractivity contribution in [2.75, 3.05) is 18.1 Å². The zero-order chi connectivity index (χ0) is 31.4. The molecule has 3 aromatic carbocycles. The number of carbonyl (C=O) groups excluding carboxylic acids is 3. The van der Waals surface area contributed by atoms with Crippen molar-refractivity contribution >= 4 is 55.6 Å². The SMILES string of the molecule is CCCN(C(=O)N[C@H](CSCC(C)C)C(=O)NS(=O)(=O)c1cccc(Br)c1)C(=O)c1cccc(C#Cc2ccccc2)c1. The lowest BCUT2D eigenvalue weighted by atomic mass is 10.1. The first-order valence-electron chi connectivity index (χ1n) is 13.7. The van der Waals surface area contributed by atoms with E-state index in [2.05, 4.69) is 37.8 Å². The standard InChI is InChI=1S/C32H34BrN3O5S2/c1-4-18-36(31(38)26-13-8-12-25(19-26)17-16-24-10-6-5-7-11-24)32(39)34-29(22-42-21-23(2)3)30(37)35-43(40,41)28-15-9-14-27(33)20-28/h5-15,19-20,23,29H,4,18,21-22H2,1-3H3,(H,34,39)(H,35,37)/t29-/m1/s1. The van der Waals surface area contributed by atoms with Crippen LogP contribution in [0.15, 0.2) is 88.2 Å². The number of hydrogen-bond donors (Lipinski definition) is 2. The van der Waals surface area contributed by atoms with Crippen LogP contribution >= 0.6 is 27.7 Å². The molecule has 226 valence electrons. The van der Waals surface area contributed by atoms with Gasteiger partial charge in [0.25, 0.3) is 21.8 Å². The van der Waals surface area contributed by atoms with Crippen molar-refractivity contribution in [3.05, 3.63) is 100 Å². The van der Waals surface area contributed by atoms with Crippen molar-refractivity contribution in [1.29, 1.82) is 0 Å². The van der Waals surface area contributed by atoms with Crippen LogP contribution in [0.2, 0.25) is 0 Å². The second kappa shape index (κ2) is 16.3. The topological polar surface area (TPSA) is 113 Å². The molecule has 43 heavy (non-hydrogen) atoms. The molecule has 0 aromatic heterocycles. The van der Waals surface area contributed by atoms with Crippen LogP contribution in [0.1, 0.15) is 48.7 Å². The summed E-state index contributed by atoms with van der Waals surface area (Å²) in [6.07, 6.45) is 0.475. The van der Waals surface area contributed by atoms with E-state index in [-0.39, 0.29) is 22.8 Å². The molecular formula is C32H34BrN3O5S2. The molecule has 2 N–H and O–H groups in total. The van der Waals surface area contributed by atoms with Gasteiger partial charge in [-0.25, -0.2) is 17.9 Å². The number of sulfonamides is 1. The first kappa shape index (κ1) is 33.9. The molecule has 0 spiro atoms. The number of nitrogens with zero attached hydrogens (tertiary/aromatic N) is 1. The predicted octanol–water partition coefficient (Wildman–Crippen LogP) is 5.67. The quantitative estimate of drug-likeness (QED) is 0.252. The summed E-state index contributed by atoms with van der Waals surface area (Å²) in [5.74, 6) is 5.75. The highest BCUT2D eigenvalue weighted by atomic mass is 79.9. The highest BCUT2D eigenvalue weighted by Crippen LogP contribution is 2.17. The number of carbonyl (C=O) groups is 3. The fraction of sp³-hybridized carbons (Fsp3) is 0.281. The number of imide groups is 1. The zero-order valence-electron chi connectivity index (χ0n) is 24.2. The molecule has 0 bridgehead atoms. The zero-order valence-corrected chi connectivity index (χ0v) is 27.4. The average Bonchev–Trinajstić information content (AvgIpc) is 2.98. The lowest BCUT2D eigenvalue weighted by Gasteiger charge is -2.25. The van der Waals surface area contributed by atoms with Crippen LogP contribution in [0.5, 0.6) is 0 Å². The summed E-state index contributed by atoms with van der Waals surface area (Å²) >= 11 is 4.64. The van der Waals surface area contributed by atoms with Gasteiger partial charge >= 0.3 is 6.03 Å². The molecule has 3 aromatic rings. The Morgan fingerprint density at radius 1 is 0.907 bits per heavy atom. The number of nitrogens with one attached hydrogen (secondary N) is 2. The van der Waals surface area contributed by atoms with Crippen molar-refractivity contribution in [3.63, 3.8) is 0 Å². The average molecular weight is 685 g/mol. The van der Waals surface area contributed by atoms with Gasteiger partial charge in [-0.15, -0.1) is 0 Å². The molecule has 0 aliphatic heterocycles. The highest BCUT2D eigenvalue weighted by Gasteiger charge is 2.30. The number of amides is 4. The molecule has 0 saturated heterocycles. The molecule has 0 heterocycles. The second-order valence-corrected chi connectivity index (χ2v) is 13.7. The van der Waals surface area contributed by atoms with Gasteiger partial charge in [-0.05, 0) is 66.6 Å². The van der Waals surface area contributed by atoms with E-state index in [1.165, 1.54) is 30.0 Å². The molecular weight excluding hydrogens is 650 g/mol. The Labute approximate surface area is 266 Å². The van der Waals surface area contributed by atoms with Crippen LogP contribution in [0.3, 0.4) is 0 Å². The van der Waals surface area contributed by atoms with E-state index >= 15 is 0 Å². The summed E-state index contributed by atoms with van der Waals surface area (Å²) in [7, 11) is -4.21. The molecule has 0 unspecified atom stereocenters. The number of rotatable bonds is 11. The number of urea groups is 1. The third-order valence-corrected chi connectivity index (χ3v) is 9.17. The summed E-state index contributed by atoms with van der Waals surface area (Å²) < 4.78 is 28.5. The van der Waals surface area contributed by atoms with Crippen LogP contribution in [0.4, 0.5) is 4.79 Å². The maximum atomic E-state index is 13.5. The van der Waals surface area contributed by atoms with Gasteiger partial charge in [-0.2, -0.15) is 11.8 Å². The van der Waals surface area contributed by atoms with E-state index in [4.69, 9.17) is 0 Å². The van der Waals surface area contributed by atoms with Crippen LogP contribution in [-0.4, -0.2) is 55.3 Å². The molecule has 8 nitrogen and oxygen atoms in total. The summed E-state index contributed by atoms with van der Waals surface area (Å²) in [6, 6.07) is 20.0. The van der Waals surface area contributed by atoms with Crippen LogP contribution < -0.4 is 10.0 Å². The molecule has 11 heteroatoms. The van der Waals surface area contributed by atoms with Crippen molar-refractivity contribution in [2.24, 2.45) is 5.92 Å². The fourth-order valence-corrected chi connectivity index (χ4v) is 6.49. The number of halogens is 1. The summed E-state index contributed by atoms with van der Waals surface area (Å²) in [5.41, 5.74) is 1.69. The van der Waals surface area contributed by atoms with Gasteiger partial charge in [0.05, 0.1) is 4.90 Å². The van der Waals surface area contributed by atoms with Crippen LogP contribution in [-0.2, 0) is 14.8 Å². The van der Waals surface area contributed by atoms with Crippen molar-refractivity contribution in [3.8, 4) is 11.8 Å². The molecule has 0 saturated carbocycles. The Kier molecular flexibility index (Phi) is 12.9. The largest absolute Gasteiger partial charge is 0.325 e. The summed E-state index contributed by atoms with van der Waals surface area (Å²) in [4.78, 5) is 41.1.